The van der Waals surface area contributed by atoms with Gasteiger partial charge in [0, 0.05) is 5.69 Å². The van der Waals surface area contributed by atoms with E-state index in [9.17, 15) is 13.2 Å². The first-order valence-corrected chi connectivity index (χ1v) is 10.3. The first-order valence-electron chi connectivity index (χ1n) is 8.42. The number of carbonyl (C=O) groups excluding carboxylic acids is 1. The van der Waals surface area contributed by atoms with Crippen molar-refractivity contribution in [2.45, 2.75) is 33.1 Å². The van der Waals surface area contributed by atoms with Gasteiger partial charge in [0.2, 0.25) is 15.9 Å². The molecule has 0 atom stereocenters. The van der Waals surface area contributed by atoms with Gasteiger partial charge in [-0.15, -0.1) is 0 Å². The smallest absolute Gasteiger partial charge is 0.245 e. The van der Waals surface area contributed by atoms with E-state index < -0.39 is 10.0 Å². The number of hydrogen-bond donors (Lipinski definition) is 1. The number of rotatable bonds is 5. The Kier molecular flexibility index (Phi) is 5.76. The summed E-state index contributed by atoms with van der Waals surface area (Å²) < 4.78 is 25.5. The molecule has 2 rings (SSSR count). The van der Waals surface area contributed by atoms with E-state index in [0.717, 1.165) is 21.7 Å². The van der Waals surface area contributed by atoms with Crippen LogP contribution in [0, 0.1) is 6.92 Å². The number of para-hydroxylation sites is 1. The second kappa shape index (κ2) is 7.50. The van der Waals surface area contributed by atoms with E-state index in [1.807, 2.05) is 43.3 Å². The van der Waals surface area contributed by atoms with Crippen LogP contribution >= 0.6 is 0 Å². The first-order chi connectivity index (χ1) is 12.0. The molecule has 5 nitrogen and oxygen atoms in total. The molecule has 0 bridgehead atoms. The normalized spacial score (nSPS) is 11.9. The molecule has 0 radical (unpaired) electrons. The van der Waals surface area contributed by atoms with Gasteiger partial charge < -0.3 is 5.32 Å². The lowest BCUT2D eigenvalue weighted by molar-refractivity contribution is -0.114. The van der Waals surface area contributed by atoms with Crippen LogP contribution in [0.3, 0.4) is 0 Å². The number of amides is 1. The molecule has 2 aromatic carbocycles. The minimum atomic E-state index is -3.58. The summed E-state index contributed by atoms with van der Waals surface area (Å²) in [6.45, 7) is 7.90. The van der Waals surface area contributed by atoms with Crippen molar-refractivity contribution in [3.63, 3.8) is 0 Å². The summed E-state index contributed by atoms with van der Waals surface area (Å²) in [6.07, 6.45) is 1.10. The minimum absolute atomic E-state index is 0.0282. The molecule has 2 aromatic rings. The summed E-state index contributed by atoms with van der Waals surface area (Å²) in [5, 5.41) is 2.77. The largest absolute Gasteiger partial charge is 0.325 e. The van der Waals surface area contributed by atoms with Crippen molar-refractivity contribution in [1.29, 1.82) is 0 Å². The van der Waals surface area contributed by atoms with Gasteiger partial charge in [-0.2, -0.15) is 0 Å². The maximum atomic E-state index is 12.4. The summed E-state index contributed by atoms with van der Waals surface area (Å²) in [6, 6.07) is 14.7. The molecule has 6 heteroatoms. The monoisotopic (exact) mass is 374 g/mol. The summed E-state index contributed by atoms with van der Waals surface area (Å²) in [5.41, 5.74) is 3.13. The predicted octanol–water partition coefficient (Wildman–Crippen LogP) is 3.70. The molecule has 0 unspecified atom stereocenters. The van der Waals surface area contributed by atoms with Gasteiger partial charge in [-0.3, -0.25) is 9.10 Å². The van der Waals surface area contributed by atoms with Gasteiger partial charge >= 0.3 is 0 Å². The third-order valence-corrected chi connectivity index (χ3v) is 5.23. The molecule has 0 fully saturated rings. The average Bonchev–Trinajstić information content (AvgIpc) is 2.52. The molecule has 0 aromatic heterocycles. The fraction of sp³-hybridized carbons (Fsp3) is 0.350. The molecule has 0 aliphatic carbocycles. The zero-order chi connectivity index (χ0) is 19.5. The lowest BCUT2D eigenvalue weighted by atomic mass is 9.87. The van der Waals surface area contributed by atoms with E-state index in [1.54, 1.807) is 12.1 Å². The summed E-state index contributed by atoms with van der Waals surface area (Å²) in [4.78, 5) is 12.4. The number of benzene rings is 2. The molecule has 0 aliphatic rings. The average molecular weight is 375 g/mol. The van der Waals surface area contributed by atoms with Crippen molar-refractivity contribution in [2.75, 3.05) is 22.4 Å². The van der Waals surface area contributed by atoms with Crippen LogP contribution in [0.4, 0.5) is 11.4 Å². The van der Waals surface area contributed by atoms with Crippen LogP contribution in [0.2, 0.25) is 0 Å². The third kappa shape index (κ3) is 5.08. The SMILES string of the molecule is Cc1ccccc1N(CC(=O)Nc1ccc(C(C)(C)C)cc1)S(C)(=O)=O. The highest BCUT2D eigenvalue weighted by molar-refractivity contribution is 7.92. The number of anilines is 2. The molecule has 1 N–H and O–H groups in total. The van der Waals surface area contributed by atoms with Crippen molar-refractivity contribution in [2.24, 2.45) is 0 Å². The highest BCUT2D eigenvalue weighted by atomic mass is 32.2. The lowest BCUT2D eigenvalue weighted by Crippen LogP contribution is -2.37. The van der Waals surface area contributed by atoms with Crippen LogP contribution in [0.25, 0.3) is 0 Å². The predicted molar refractivity (Wildman–Crippen MR) is 107 cm³/mol. The maximum absolute atomic E-state index is 12.4. The van der Waals surface area contributed by atoms with E-state index in [2.05, 4.69) is 26.1 Å². The van der Waals surface area contributed by atoms with Crippen LogP contribution in [-0.2, 0) is 20.2 Å². The molecular weight excluding hydrogens is 348 g/mol. The van der Waals surface area contributed by atoms with Crippen LogP contribution in [-0.4, -0.2) is 27.1 Å². The third-order valence-electron chi connectivity index (χ3n) is 4.11. The minimum Gasteiger partial charge on any atom is -0.325 e. The molecule has 26 heavy (non-hydrogen) atoms. The quantitative estimate of drug-likeness (QED) is 0.868. The molecule has 0 spiro atoms. The highest BCUT2D eigenvalue weighted by Gasteiger charge is 2.22. The van der Waals surface area contributed by atoms with Crippen molar-refractivity contribution >= 4 is 27.3 Å². The van der Waals surface area contributed by atoms with Gasteiger partial charge in [-0.25, -0.2) is 8.42 Å². The number of nitrogens with zero attached hydrogens (tertiary/aromatic N) is 1. The van der Waals surface area contributed by atoms with Crippen molar-refractivity contribution < 1.29 is 13.2 Å². The summed E-state index contributed by atoms with van der Waals surface area (Å²) in [7, 11) is -3.58. The number of nitrogens with one attached hydrogen (secondary N) is 1. The van der Waals surface area contributed by atoms with E-state index in [-0.39, 0.29) is 17.9 Å². The molecule has 0 saturated carbocycles. The number of carbonyl (C=O) groups is 1. The topological polar surface area (TPSA) is 66.5 Å². The van der Waals surface area contributed by atoms with Gasteiger partial charge in [-0.05, 0) is 41.7 Å². The second-order valence-corrected chi connectivity index (χ2v) is 9.34. The van der Waals surface area contributed by atoms with Crippen molar-refractivity contribution in [3.8, 4) is 0 Å². The fourth-order valence-corrected chi connectivity index (χ4v) is 3.52. The molecule has 1 amide bonds. The number of hydrogen-bond acceptors (Lipinski definition) is 3. The van der Waals surface area contributed by atoms with Gasteiger partial charge in [0.05, 0.1) is 11.9 Å². The molecular formula is C20H26N2O3S. The number of sulfonamides is 1. The molecule has 0 saturated heterocycles. The van der Waals surface area contributed by atoms with Crippen LogP contribution in [0.15, 0.2) is 48.5 Å². The maximum Gasteiger partial charge on any atom is 0.245 e. The van der Waals surface area contributed by atoms with E-state index in [4.69, 9.17) is 0 Å². The molecule has 140 valence electrons. The van der Waals surface area contributed by atoms with Crippen LogP contribution in [0.5, 0.6) is 0 Å². The molecule has 0 aliphatic heterocycles. The zero-order valence-corrected chi connectivity index (χ0v) is 16.7. The Bertz CT molecular complexity index is 882. The van der Waals surface area contributed by atoms with E-state index in [0.29, 0.717) is 11.4 Å². The van der Waals surface area contributed by atoms with Gasteiger partial charge in [0.1, 0.15) is 6.54 Å². The van der Waals surface area contributed by atoms with Gasteiger partial charge in [0.25, 0.3) is 0 Å². The zero-order valence-electron chi connectivity index (χ0n) is 15.9. The second-order valence-electron chi connectivity index (χ2n) is 7.43. The standard InChI is InChI=1S/C20H26N2O3S/c1-15-8-6-7-9-18(15)22(26(5,24)25)14-19(23)21-17-12-10-16(11-13-17)20(2,3)4/h6-13H,14H2,1-5H3,(H,21,23). The van der Waals surface area contributed by atoms with E-state index in [1.165, 1.54) is 0 Å². The Hall–Kier alpha value is -2.34. The Morgan fingerprint density at radius 2 is 1.62 bits per heavy atom. The highest BCUT2D eigenvalue weighted by Crippen LogP contribution is 2.24. The number of aryl methyl sites for hydroxylation is 1. The Balaban J connectivity index is 2.17. The van der Waals surface area contributed by atoms with Gasteiger partial charge in [0.15, 0.2) is 0 Å². The Morgan fingerprint density at radius 3 is 2.12 bits per heavy atom. The first kappa shape index (κ1) is 20.0. The van der Waals surface area contributed by atoms with Gasteiger partial charge in [-0.1, -0.05) is 51.1 Å². The fourth-order valence-electron chi connectivity index (χ4n) is 2.61. The Morgan fingerprint density at radius 1 is 1.04 bits per heavy atom. The summed E-state index contributed by atoms with van der Waals surface area (Å²) >= 11 is 0. The molecule has 0 heterocycles. The summed E-state index contributed by atoms with van der Waals surface area (Å²) in [5.74, 6) is -0.387. The van der Waals surface area contributed by atoms with Crippen LogP contribution in [0.1, 0.15) is 31.9 Å². The van der Waals surface area contributed by atoms with Crippen molar-refractivity contribution in [3.05, 3.63) is 59.7 Å². The van der Waals surface area contributed by atoms with Crippen molar-refractivity contribution in [1.82, 2.24) is 0 Å². The van der Waals surface area contributed by atoms with E-state index >= 15 is 0 Å². The lowest BCUT2D eigenvalue weighted by Gasteiger charge is -2.23. The van der Waals surface area contributed by atoms with Crippen LogP contribution < -0.4 is 9.62 Å². The Labute approximate surface area is 156 Å².